The lowest BCUT2D eigenvalue weighted by Crippen LogP contribution is -2.39. The molecule has 2 aliphatic rings. The lowest BCUT2D eigenvalue weighted by molar-refractivity contribution is -0.148. The van der Waals surface area contributed by atoms with Crippen molar-refractivity contribution in [1.29, 1.82) is 0 Å². The number of aryl methyl sites for hydroxylation is 3. The Hall–Kier alpha value is -2.35. The van der Waals surface area contributed by atoms with Gasteiger partial charge < -0.3 is 24.7 Å². The second kappa shape index (κ2) is 10.1. The molecule has 1 unspecified atom stereocenters. The Bertz CT molecular complexity index is 1140. The molecule has 1 aromatic carbocycles. The average Bonchev–Trinajstić information content (AvgIpc) is 2.80. The minimum Gasteiger partial charge on any atom is -0.463 e. The lowest BCUT2D eigenvalue weighted by Gasteiger charge is -2.38. The molecule has 7 nitrogen and oxygen atoms in total. The summed E-state index contributed by atoms with van der Waals surface area (Å²) in [4.78, 5) is 30.4. The quantitative estimate of drug-likeness (QED) is 0.659. The number of H-pyrrole nitrogens is 1. The average molecular weight is 488 g/mol. The van der Waals surface area contributed by atoms with Crippen molar-refractivity contribution in [1.82, 2.24) is 15.2 Å². The number of hydrogen-bond donors (Lipinski definition) is 2. The van der Waals surface area contributed by atoms with Crippen molar-refractivity contribution in [2.24, 2.45) is 5.92 Å². The van der Waals surface area contributed by atoms with E-state index in [0.717, 1.165) is 48.1 Å². The molecule has 2 N–H and O–H groups in total. The molecule has 1 aliphatic carbocycles. The third-order valence-electron chi connectivity index (χ3n) is 7.19. The molecule has 2 heterocycles. The number of nitrogens with zero attached hydrogens (tertiary/aromatic N) is 1. The normalized spacial score (nSPS) is 22.3. The molecule has 1 atom stereocenters. The van der Waals surface area contributed by atoms with Crippen LogP contribution < -0.4 is 15.6 Å². The molecule has 0 radical (unpaired) electrons. The Kier molecular flexibility index (Phi) is 7.36. The summed E-state index contributed by atoms with van der Waals surface area (Å²) in [5, 5.41) is 3.14. The van der Waals surface area contributed by atoms with E-state index in [-0.39, 0.29) is 24.3 Å². The van der Waals surface area contributed by atoms with Crippen molar-refractivity contribution in [3.63, 3.8) is 0 Å². The first kappa shape index (κ1) is 24.8. The van der Waals surface area contributed by atoms with Gasteiger partial charge in [-0.25, -0.2) is 0 Å². The van der Waals surface area contributed by atoms with Crippen molar-refractivity contribution >= 4 is 17.5 Å². The maximum Gasteiger partial charge on any atom is 0.253 e. The first-order chi connectivity index (χ1) is 16.2. The zero-order valence-electron chi connectivity index (χ0n) is 20.6. The van der Waals surface area contributed by atoms with E-state index >= 15 is 0 Å². The Morgan fingerprint density at radius 1 is 1.15 bits per heavy atom. The fraction of sp³-hybridized carbons (Fsp3) is 0.538. The highest BCUT2D eigenvalue weighted by molar-refractivity contribution is 6.35. The van der Waals surface area contributed by atoms with Gasteiger partial charge in [-0.15, -0.1) is 0 Å². The molecule has 184 valence electrons. The van der Waals surface area contributed by atoms with Crippen molar-refractivity contribution in [3.05, 3.63) is 61.0 Å². The van der Waals surface area contributed by atoms with Gasteiger partial charge in [-0.1, -0.05) is 11.6 Å². The van der Waals surface area contributed by atoms with Crippen LogP contribution in [-0.2, 0) is 17.9 Å². The fourth-order valence-corrected chi connectivity index (χ4v) is 5.37. The first-order valence-corrected chi connectivity index (χ1v) is 12.3. The number of halogens is 1. The number of ether oxygens (including phenoxy) is 2. The first-order valence-electron chi connectivity index (χ1n) is 11.9. The maximum atomic E-state index is 13.1. The van der Waals surface area contributed by atoms with E-state index in [9.17, 15) is 9.59 Å². The monoisotopic (exact) mass is 487 g/mol. The molecular formula is C26H34ClN3O4. The van der Waals surface area contributed by atoms with Crippen LogP contribution in [0, 0.1) is 26.7 Å². The molecule has 1 saturated carbocycles. The van der Waals surface area contributed by atoms with Crippen LogP contribution in [0.5, 0.6) is 5.75 Å². The summed E-state index contributed by atoms with van der Waals surface area (Å²) >= 11 is 6.71. The van der Waals surface area contributed by atoms with Crippen LogP contribution in [0.15, 0.2) is 16.9 Å². The van der Waals surface area contributed by atoms with Crippen LogP contribution >= 0.6 is 11.6 Å². The Labute approximate surface area is 205 Å². The third-order valence-corrected chi connectivity index (χ3v) is 7.57. The van der Waals surface area contributed by atoms with Crippen molar-refractivity contribution in [2.45, 2.75) is 71.9 Å². The predicted molar refractivity (Wildman–Crippen MR) is 133 cm³/mol. The molecule has 1 fully saturated rings. The molecule has 0 bridgehead atoms. The largest absolute Gasteiger partial charge is 0.463 e. The Morgan fingerprint density at radius 3 is 2.50 bits per heavy atom. The number of hydrogen-bond acceptors (Lipinski definition) is 5. The fourth-order valence-electron chi connectivity index (χ4n) is 5.07. The molecule has 2 aromatic rings. The Morgan fingerprint density at radius 2 is 1.85 bits per heavy atom. The van der Waals surface area contributed by atoms with Gasteiger partial charge in [0.05, 0.1) is 17.2 Å². The number of carbonyl (C=O) groups is 1. The number of benzene rings is 1. The lowest BCUT2D eigenvalue weighted by atomic mass is 9.85. The van der Waals surface area contributed by atoms with E-state index in [1.165, 1.54) is 0 Å². The predicted octanol–water partition coefficient (Wildman–Crippen LogP) is 4.24. The van der Waals surface area contributed by atoms with Crippen molar-refractivity contribution in [2.75, 3.05) is 14.1 Å². The molecule has 1 aliphatic heterocycles. The molecule has 0 saturated heterocycles. The van der Waals surface area contributed by atoms with Crippen LogP contribution in [0.4, 0.5) is 0 Å². The summed E-state index contributed by atoms with van der Waals surface area (Å²) in [6, 6.07) is 4.24. The van der Waals surface area contributed by atoms with Gasteiger partial charge in [-0.2, -0.15) is 0 Å². The van der Waals surface area contributed by atoms with Gasteiger partial charge in [0.2, 0.25) is 6.29 Å². The number of fused-ring (bicyclic) bond motifs is 1. The van der Waals surface area contributed by atoms with E-state index < -0.39 is 0 Å². The van der Waals surface area contributed by atoms with E-state index in [0.29, 0.717) is 40.5 Å². The van der Waals surface area contributed by atoms with E-state index in [1.54, 1.807) is 6.07 Å². The number of aromatic amines is 1. The highest BCUT2D eigenvalue weighted by atomic mass is 35.5. The summed E-state index contributed by atoms with van der Waals surface area (Å²) in [6.45, 7) is 6.15. The van der Waals surface area contributed by atoms with Gasteiger partial charge in [0.1, 0.15) is 5.75 Å². The van der Waals surface area contributed by atoms with E-state index in [4.69, 9.17) is 21.1 Å². The summed E-state index contributed by atoms with van der Waals surface area (Å²) in [5.41, 5.74) is 4.07. The summed E-state index contributed by atoms with van der Waals surface area (Å²) < 4.78 is 12.4. The van der Waals surface area contributed by atoms with Gasteiger partial charge in [0, 0.05) is 35.3 Å². The SMILES string of the molecule is Cc1cc(C)c(CNC(=O)c2cc(C)c3c(c2Cl)OC(C2CCC(N(C)C)CC2)OC3)c(=O)[nH]1. The van der Waals surface area contributed by atoms with E-state index in [2.05, 4.69) is 29.3 Å². The zero-order chi connectivity index (χ0) is 24.6. The van der Waals surface area contributed by atoms with E-state index in [1.807, 2.05) is 26.8 Å². The van der Waals surface area contributed by atoms with Crippen LogP contribution in [0.3, 0.4) is 0 Å². The minimum atomic E-state index is -0.361. The van der Waals surface area contributed by atoms with Crippen LogP contribution in [-0.4, -0.2) is 42.2 Å². The molecular weight excluding hydrogens is 454 g/mol. The topological polar surface area (TPSA) is 83.7 Å². The third kappa shape index (κ3) is 5.02. The molecule has 0 spiro atoms. The second-order valence-electron chi connectivity index (χ2n) is 9.82. The highest BCUT2D eigenvalue weighted by Crippen LogP contribution is 2.42. The van der Waals surface area contributed by atoms with Crippen LogP contribution in [0.25, 0.3) is 0 Å². The van der Waals surface area contributed by atoms with Gasteiger partial charge in [-0.3, -0.25) is 9.59 Å². The number of rotatable bonds is 5. The molecule has 1 amide bonds. The standard InChI is InChI=1S/C26H34ClN3O4/c1-14-10-16(3)29-25(32)20(14)12-28-24(31)19-11-15(2)21-13-33-26(34-23(21)22(19)27)17-6-8-18(9-7-17)30(4)5/h10-11,17-18,26H,6-9,12-13H2,1-5H3,(H,28,31)(H,29,32). The Balaban J connectivity index is 1.50. The number of aromatic nitrogens is 1. The molecule has 34 heavy (non-hydrogen) atoms. The maximum absolute atomic E-state index is 13.1. The van der Waals surface area contributed by atoms with Gasteiger partial charge in [-0.05, 0) is 83.8 Å². The number of carbonyl (C=O) groups excluding carboxylic acids is 1. The minimum absolute atomic E-state index is 0.119. The summed E-state index contributed by atoms with van der Waals surface area (Å²) in [6.07, 6.45) is 3.93. The van der Waals surface area contributed by atoms with Crippen LogP contribution in [0.1, 0.15) is 64.0 Å². The van der Waals surface area contributed by atoms with Crippen molar-refractivity contribution < 1.29 is 14.3 Å². The molecule has 1 aromatic heterocycles. The zero-order valence-corrected chi connectivity index (χ0v) is 21.3. The summed E-state index contributed by atoms with van der Waals surface area (Å²) in [7, 11) is 4.25. The molecule has 8 heteroatoms. The van der Waals surface area contributed by atoms with Crippen molar-refractivity contribution in [3.8, 4) is 5.75 Å². The number of nitrogens with one attached hydrogen (secondary N) is 2. The van der Waals surface area contributed by atoms with Gasteiger partial charge in [0.25, 0.3) is 11.5 Å². The second-order valence-corrected chi connectivity index (χ2v) is 10.2. The molecule has 4 rings (SSSR count). The summed E-state index contributed by atoms with van der Waals surface area (Å²) in [5.74, 6) is 0.505. The van der Waals surface area contributed by atoms with Gasteiger partial charge >= 0.3 is 0 Å². The number of pyridine rings is 1. The smallest absolute Gasteiger partial charge is 0.253 e. The highest BCUT2D eigenvalue weighted by Gasteiger charge is 2.35. The van der Waals surface area contributed by atoms with Gasteiger partial charge in [0.15, 0.2) is 0 Å². The van der Waals surface area contributed by atoms with Crippen LogP contribution in [0.2, 0.25) is 5.02 Å². The number of amides is 1.